The number of aryl methyl sites for hydroxylation is 1. The van der Waals surface area contributed by atoms with Crippen LogP contribution in [-0.4, -0.2) is 5.92 Å². The molecule has 4 heteroatoms. The van der Waals surface area contributed by atoms with E-state index in [-0.39, 0.29) is 7.25 Å². The number of allylic oxidation sites excluding steroid dienone is 2. The van der Waals surface area contributed by atoms with Gasteiger partial charge in [0.05, 0.1) is 0 Å². The van der Waals surface area contributed by atoms with Gasteiger partial charge in [-0.1, -0.05) is 0 Å². The van der Waals surface area contributed by atoms with E-state index < -0.39 is 21.5 Å². The summed E-state index contributed by atoms with van der Waals surface area (Å²) in [6.45, 7) is 16.7. The summed E-state index contributed by atoms with van der Waals surface area (Å²) in [5.41, 5.74) is 14.7. The SMILES string of the molecule is Cc1ccc(-c2cccc3ccccc23)c2c1[CH]([Zr]([Cl])([Cl])([CH]1C(C(C)C)=Cc3c(-c4cccc5ccccc45)cccc31)[SiH](C)C)C(CC(C)C)=C2. The molecule has 0 fully saturated rings. The molecule has 0 aromatic heterocycles. The molecule has 0 amide bonds. The zero-order chi connectivity index (χ0) is 36.6. The van der Waals surface area contributed by atoms with Crippen molar-refractivity contribution in [3.8, 4) is 22.3 Å². The second-order valence-electron chi connectivity index (χ2n) is 16.5. The summed E-state index contributed by atoms with van der Waals surface area (Å²) >= 11 is -5.01. The maximum atomic E-state index is 8.93. The van der Waals surface area contributed by atoms with E-state index in [9.17, 15) is 0 Å². The molecule has 6 aromatic carbocycles. The fraction of sp³-hybridized carbons (Fsp3) is 0.250. The summed E-state index contributed by atoms with van der Waals surface area (Å²) in [5.74, 6) is -0.921. The molecule has 0 radical (unpaired) electrons. The molecule has 0 heterocycles. The fourth-order valence-electron chi connectivity index (χ4n) is 9.78. The summed E-state index contributed by atoms with van der Waals surface area (Å²) in [6.07, 6.45) is 6.05. The van der Waals surface area contributed by atoms with Crippen LogP contribution in [0.2, 0.25) is 13.1 Å². The summed E-state index contributed by atoms with van der Waals surface area (Å²) in [6, 6.07) is 42.6. The average molecular weight is 816 g/mol. The normalized spacial score (nSPS) is 17.8. The Kier molecular flexibility index (Phi) is 9.27. The second kappa shape index (κ2) is 13.4. The van der Waals surface area contributed by atoms with Crippen LogP contribution in [0.3, 0.4) is 0 Å². The van der Waals surface area contributed by atoms with Crippen molar-refractivity contribution in [2.24, 2.45) is 11.8 Å². The van der Waals surface area contributed by atoms with Crippen molar-refractivity contribution in [3.63, 3.8) is 0 Å². The maximum absolute atomic E-state index is 8.93. The van der Waals surface area contributed by atoms with Crippen LogP contribution >= 0.6 is 17.0 Å². The third kappa shape index (κ3) is 5.54. The van der Waals surface area contributed by atoms with Gasteiger partial charge in [0.25, 0.3) is 0 Å². The molecule has 2 unspecified atom stereocenters. The molecule has 0 spiro atoms. The van der Waals surface area contributed by atoms with Crippen LogP contribution in [0.5, 0.6) is 0 Å². The van der Waals surface area contributed by atoms with Crippen molar-refractivity contribution in [1.29, 1.82) is 0 Å². The van der Waals surface area contributed by atoms with Crippen LogP contribution in [0.15, 0.2) is 126 Å². The molecular weight excluding hydrogens is 767 g/mol. The van der Waals surface area contributed by atoms with Crippen molar-refractivity contribution < 1.29 is 15.6 Å². The predicted molar refractivity (Wildman–Crippen MR) is 230 cm³/mol. The van der Waals surface area contributed by atoms with E-state index in [1.54, 1.807) is 0 Å². The van der Waals surface area contributed by atoms with Crippen molar-refractivity contribution >= 4 is 56.6 Å². The summed E-state index contributed by atoms with van der Waals surface area (Å²) in [5, 5.41) is 5.09. The van der Waals surface area contributed by atoms with Crippen LogP contribution in [0, 0.1) is 18.8 Å². The van der Waals surface area contributed by atoms with Crippen molar-refractivity contribution in [2.75, 3.05) is 0 Å². The Morgan fingerprint density at radius 3 is 1.71 bits per heavy atom. The van der Waals surface area contributed by atoms with E-state index in [2.05, 4.69) is 175 Å². The monoisotopic (exact) mass is 813 g/mol. The van der Waals surface area contributed by atoms with E-state index >= 15 is 0 Å². The zero-order valence-corrected chi connectivity index (χ0v) is 36.6. The second-order valence-corrected chi connectivity index (χ2v) is 59.0. The minimum atomic E-state index is -5.01. The third-order valence-corrected chi connectivity index (χ3v) is 64.0. The number of rotatable bonds is 8. The number of benzene rings is 6. The van der Waals surface area contributed by atoms with Gasteiger partial charge in [-0.3, -0.25) is 0 Å². The first-order valence-electron chi connectivity index (χ1n) is 19.1. The third-order valence-electron chi connectivity index (χ3n) is 12.3. The zero-order valence-electron chi connectivity index (χ0n) is 31.5. The van der Waals surface area contributed by atoms with Gasteiger partial charge in [-0.15, -0.1) is 0 Å². The van der Waals surface area contributed by atoms with Gasteiger partial charge in [0, 0.05) is 0 Å². The number of hydrogen-bond donors (Lipinski definition) is 0. The molecule has 0 bridgehead atoms. The first-order valence-corrected chi connectivity index (χ1v) is 35.4. The molecule has 0 saturated heterocycles. The van der Waals surface area contributed by atoms with E-state index in [0.717, 1.165) is 6.42 Å². The predicted octanol–water partition coefficient (Wildman–Crippen LogP) is 14.9. The summed E-state index contributed by atoms with van der Waals surface area (Å²) in [4.78, 5) is 0. The Morgan fingerprint density at radius 1 is 0.596 bits per heavy atom. The molecule has 8 rings (SSSR count). The topological polar surface area (TPSA) is 0 Å². The standard InChI is InChI=1S/C24H23.C22H19.C2H7Si.2ClH.Zr/c1-16(2)13-18-14-23-17(3)11-12-22(24(23)15-18)21-10-6-8-19-7-4-5-9-20(19)21;1-15(2)18-13-17-9-6-12-21(22(17)14-18)20-11-5-8-16-7-3-4-10-19(16)20;1-3-2;;;/h4-12,14-16H,13H2,1-3H3;3-15H,1-2H3;3H,1-2H3;2*1H;/q;;;;;+2/p-2. The van der Waals surface area contributed by atoms with E-state index in [4.69, 9.17) is 17.0 Å². The molecule has 263 valence electrons. The molecule has 0 saturated carbocycles. The Hall–Kier alpha value is -3.00. The Morgan fingerprint density at radius 2 is 1.13 bits per heavy atom. The fourth-order valence-corrected chi connectivity index (χ4v) is 41.3. The van der Waals surface area contributed by atoms with Gasteiger partial charge in [0.2, 0.25) is 0 Å². The quantitative estimate of drug-likeness (QED) is 0.134. The first-order chi connectivity index (χ1) is 24.9. The Bertz CT molecular complexity index is 2440. The molecule has 6 aromatic rings. The van der Waals surface area contributed by atoms with Gasteiger partial charge in [0.1, 0.15) is 0 Å². The number of halogens is 2. The first kappa shape index (κ1) is 36.0. The summed E-state index contributed by atoms with van der Waals surface area (Å²) in [7, 11) is 17.9. The van der Waals surface area contributed by atoms with Crippen molar-refractivity contribution in [2.45, 2.75) is 61.4 Å². The summed E-state index contributed by atoms with van der Waals surface area (Å²) < 4.78 is 0.108. The van der Waals surface area contributed by atoms with Gasteiger partial charge >= 0.3 is 322 Å². The van der Waals surface area contributed by atoms with Gasteiger partial charge in [-0.2, -0.15) is 0 Å². The molecule has 0 N–H and O–H groups in total. The van der Waals surface area contributed by atoms with Crippen LogP contribution in [0.25, 0.3) is 56.0 Å². The van der Waals surface area contributed by atoms with Gasteiger partial charge in [0.15, 0.2) is 0 Å². The average Bonchev–Trinajstić information content (AvgIpc) is 3.73. The molecular formula is C48H49Cl2SiZr. The van der Waals surface area contributed by atoms with Gasteiger partial charge in [-0.25, -0.2) is 0 Å². The number of hydrogen-bond acceptors (Lipinski definition) is 0. The number of fused-ring (bicyclic) bond motifs is 4. The van der Waals surface area contributed by atoms with Crippen molar-refractivity contribution in [3.05, 3.63) is 154 Å². The molecule has 2 atom stereocenters. The van der Waals surface area contributed by atoms with E-state index in [1.165, 1.54) is 82.8 Å². The molecule has 52 heavy (non-hydrogen) atoms. The Balaban J connectivity index is 1.40. The minimum absolute atomic E-state index is 0.0495. The van der Waals surface area contributed by atoms with Gasteiger partial charge < -0.3 is 0 Å². The van der Waals surface area contributed by atoms with E-state index in [1.807, 2.05) is 0 Å². The van der Waals surface area contributed by atoms with Crippen LogP contribution in [0.1, 0.15) is 69.2 Å². The van der Waals surface area contributed by atoms with Crippen LogP contribution < -0.4 is 0 Å². The molecule has 0 nitrogen and oxygen atoms in total. The van der Waals surface area contributed by atoms with Crippen LogP contribution in [0.4, 0.5) is 0 Å². The van der Waals surface area contributed by atoms with E-state index in [0.29, 0.717) is 11.8 Å². The van der Waals surface area contributed by atoms with Gasteiger partial charge in [-0.05, 0) is 0 Å². The Labute approximate surface area is 319 Å². The molecule has 0 aliphatic heterocycles. The van der Waals surface area contributed by atoms with Crippen LogP contribution in [-0.2, 0) is 15.6 Å². The van der Waals surface area contributed by atoms with Crippen molar-refractivity contribution in [1.82, 2.24) is 0 Å². The molecule has 2 aliphatic carbocycles. The molecule has 2 aliphatic rings.